The number of benzene rings is 1. The Morgan fingerprint density at radius 1 is 1.21 bits per heavy atom. The van der Waals surface area contributed by atoms with Gasteiger partial charge in [-0.3, -0.25) is 4.79 Å². The predicted octanol–water partition coefficient (Wildman–Crippen LogP) is 5.02. The SMILES string of the molecule is CC(C)n1cnnc1-c1ccc2c(c1)c(-c1csc(C(N)=O)c1)nn2COCC[Si](C)(C)C. The minimum atomic E-state index is -1.17. The van der Waals surface area contributed by atoms with Crippen molar-refractivity contribution in [3.8, 4) is 22.6 Å². The van der Waals surface area contributed by atoms with E-state index in [0.717, 1.165) is 39.6 Å². The molecule has 8 nitrogen and oxygen atoms in total. The lowest BCUT2D eigenvalue weighted by Gasteiger charge is -2.15. The molecule has 174 valence electrons. The van der Waals surface area contributed by atoms with Crippen LogP contribution in [0.15, 0.2) is 36.0 Å². The van der Waals surface area contributed by atoms with E-state index in [1.54, 1.807) is 12.4 Å². The number of thiophene rings is 1. The van der Waals surface area contributed by atoms with Crippen LogP contribution in [-0.2, 0) is 11.5 Å². The van der Waals surface area contributed by atoms with Crippen LogP contribution in [0.4, 0.5) is 0 Å². The Morgan fingerprint density at radius 3 is 2.67 bits per heavy atom. The average molecular weight is 483 g/mol. The molecule has 4 aromatic rings. The van der Waals surface area contributed by atoms with Crippen LogP contribution in [0.5, 0.6) is 0 Å². The minimum absolute atomic E-state index is 0.239. The van der Waals surface area contributed by atoms with Crippen molar-refractivity contribution in [3.63, 3.8) is 0 Å². The van der Waals surface area contributed by atoms with Crippen molar-refractivity contribution in [2.24, 2.45) is 5.73 Å². The van der Waals surface area contributed by atoms with Gasteiger partial charge < -0.3 is 15.0 Å². The molecule has 0 spiro atoms. The third kappa shape index (κ3) is 5.07. The normalized spacial score (nSPS) is 12.2. The van der Waals surface area contributed by atoms with Gasteiger partial charge in [0.15, 0.2) is 5.82 Å². The summed E-state index contributed by atoms with van der Waals surface area (Å²) in [6.45, 7) is 12.3. The molecule has 10 heteroatoms. The first-order valence-electron chi connectivity index (χ1n) is 11.0. The molecule has 3 aromatic heterocycles. The molecule has 0 fully saturated rings. The van der Waals surface area contributed by atoms with Crippen LogP contribution < -0.4 is 5.73 Å². The van der Waals surface area contributed by atoms with Crippen molar-refractivity contribution in [1.29, 1.82) is 0 Å². The molecule has 0 saturated heterocycles. The van der Waals surface area contributed by atoms with Gasteiger partial charge in [0, 0.05) is 42.6 Å². The highest BCUT2D eigenvalue weighted by Gasteiger charge is 2.19. The van der Waals surface area contributed by atoms with Gasteiger partial charge >= 0.3 is 0 Å². The van der Waals surface area contributed by atoms with Crippen molar-refractivity contribution < 1.29 is 9.53 Å². The molecular formula is C23H30N6O2SSi. The summed E-state index contributed by atoms with van der Waals surface area (Å²) in [7, 11) is -1.17. The Hall–Kier alpha value is -2.82. The number of aromatic nitrogens is 5. The molecule has 0 aliphatic rings. The number of primary amides is 1. The molecule has 0 aliphatic carbocycles. The number of carbonyl (C=O) groups excluding carboxylic acids is 1. The molecule has 0 radical (unpaired) electrons. The zero-order valence-corrected chi connectivity index (χ0v) is 21.5. The number of hydrogen-bond donors (Lipinski definition) is 1. The van der Waals surface area contributed by atoms with Gasteiger partial charge in [-0.15, -0.1) is 21.5 Å². The number of carbonyl (C=O) groups is 1. The first-order valence-corrected chi connectivity index (χ1v) is 15.6. The number of rotatable bonds is 9. The molecule has 1 amide bonds. The Morgan fingerprint density at radius 2 is 2.00 bits per heavy atom. The van der Waals surface area contributed by atoms with E-state index in [-0.39, 0.29) is 6.04 Å². The zero-order valence-electron chi connectivity index (χ0n) is 19.7. The molecule has 4 rings (SSSR count). The van der Waals surface area contributed by atoms with E-state index >= 15 is 0 Å². The molecule has 0 aliphatic heterocycles. The summed E-state index contributed by atoms with van der Waals surface area (Å²) in [6, 6.07) is 9.31. The maximum Gasteiger partial charge on any atom is 0.258 e. The van der Waals surface area contributed by atoms with E-state index < -0.39 is 14.0 Å². The Kier molecular flexibility index (Phi) is 6.51. The van der Waals surface area contributed by atoms with E-state index in [9.17, 15) is 4.79 Å². The summed E-state index contributed by atoms with van der Waals surface area (Å²) in [5.41, 5.74) is 9.06. The summed E-state index contributed by atoms with van der Waals surface area (Å²) in [6.07, 6.45) is 1.75. The first-order chi connectivity index (χ1) is 15.6. The largest absolute Gasteiger partial charge is 0.365 e. The van der Waals surface area contributed by atoms with Gasteiger partial charge in [0.05, 0.1) is 10.4 Å². The molecule has 3 heterocycles. The molecule has 0 atom stereocenters. The standard InChI is InChI=1S/C23H30N6O2SSi/c1-15(2)28-13-25-26-23(28)16-6-7-19-18(10-16)21(17-11-20(22(24)30)32-12-17)27-29(19)14-31-8-9-33(3,4)5/h6-7,10-13,15H,8-9,14H2,1-5H3,(H2,24,30). The maximum atomic E-state index is 11.7. The van der Waals surface area contributed by atoms with Crippen molar-refractivity contribution in [2.75, 3.05) is 6.61 Å². The summed E-state index contributed by atoms with van der Waals surface area (Å²) in [4.78, 5) is 12.2. The monoisotopic (exact) mass is 482 g/mol. The fraction of sp³-hybridized carbons (Fsp3) is 0.391. The highest BCUT2D eigenvalue weighted by molar-refractivity contribution is 7.12. The third-order valence-corrected chi connectivity index (χ3v) is 8.11. The van der Waals surface area contributed by atoms with E-state index in [4.69, 9.17) is 15.6 Å². The van der Waals surface area contributed by atoms with Gasteiger partial charge in [-0.2, -0.15) is 5.10 Å². The van der Waals surface area contributed by atoms with Crippen molar-refractivity contribution in [2.45, 2.75) is 52.3 Å². The van der Waals surface area contributed by atoms with Gasteiger partial charge in [0.25, 0.3) is 5.91 Å². The Labute approximate surface area is 198 Å². The minimum Gasteiger partial charge on any atom is -0.365 e. The number of fused-ring (bicyclic) bond motifs is 1. The molecular weight excluding hydrogens is 452 g/mol. The number of hydrogen-bond acceptors (Lipinski definition) is 6. The smallest absolute Gasteiger partial charge is 0.258 e. The van der Waals surface area contributed by atoms with E-state index in [0.29, 0.717) is 18.2 Å². The number of nitrogens with zero attached hydrogens (tertiary/aromatic N) is 5. The molecule has 33 heavy (non-hydrogen) atoms. The fourth-order valence-corrected chi connectivity index (χ4v) is 5.08. The summed E-state index contributed by atoms with van der Waals surface area (Å²) < 4.78 is 9.91. The summed E-state index contributed by atoms with van der Waals surface area (Å²) in [5, 5.41) is 16.2. The lowest BCUT2D eigenvalue weighted by atomic mass is 10.1. The number of amides is 1. The topological polar surface area (TPSA) is 101 Å². The van der Waals surface area contributed by atoms with Crippen molar-refractivity contribution >= 4 is 36.2 Å². The maximum absolute atomic E-state index is 11.7. The summed E-state index contributed by atoms with van der Waals surface area (Å²) >= 11 is 1.33. The molecule has 0 bridgehead atoms. The molecule has 2 N–H and O–H groups in total. The lowest BCUT2D eigenvalue weighted by Crippen LogP contribution is -2.22. The van der Waals surface area contributed by atoms with E-state index in [2.05, 4.69) is 49.8 Å². The Balaban J connectivity index is 1.75. The van der Waals surface area contributed by atoms with Crippen LogP contribution in [0.2, 0.25) is 25.7 Å². The first kappa shape index (κ1) is 23.3. The Bertz CT molecular complexity index is 1280. The quantitative estimate of drug-likeness (QED) is 0.267. The number of ether oxygens (including phenoxy) is 1. The van der Waals surface area contributed by atoms with Gasteiger partial charge in [-0.25, -0.2) is 4.68 Å². The molecule has 0 saturated carbocycles. The van der Waals surface area contributed by atoms with Gasteiger partial charge in [-0.05, 0) is 44.2 Å². The third-order valence-electron chi connectivity index (χ3n) is 5.46. The van der Waals surface area contributed by atoms with Crippen LogP contribution in [0, 0.1) is 0 Å². The highest BCUT2D eigenvalue weighted by Crippen LogP contribution is 2.34. The molecule has 0 unspecified atom stereocenters. The molecule has 1 aromatic carbocycles. The van der Waals surface area contributed by atoms with Gasteiger partial charge in [0.1, 0.15) is 18.8 Å². The predicted molar refractivity (Wildman–Crippen MR) is 135 cm³/mol. The number of nitrogens with two attached hydrogens (primary N) is 1. The van der Waals surface area contributed by atoms with E-state index in [1.165, 1.54) is 11.3 Å². The van der Waals surface area contributed by atoms with Crippen LogP contribution in [-0.4, -0.2) is 45.1 Å². The van der Waals surface area contributed by atoms with Crippen molar-refractivity contribution in [1.82, 2.24) is 24.5 Å². The zero-order chi connectivity index (χ0) is 23.8. The van der Waals surface area contributed by atoms with Gasteiger partial charge in [-0.1, -0.05) is 19.6 Å². The fourth-order valence-electron chi connectivity index (χ4n) is 3.58. The van der Waals surface area contributed by atoms with E-state index in [1.807, 2.05) is 26.8 Å². The second kappa shape index (κ2) is 9.20. The highest BCUT2D eigenvalue weighted by atomic mass is 32.1. The van der Waals surface area contributed by atoms with Crippen LogP contribution in [0.3, 0.4) is 0 Å². The average Bonchev–Trinajstić information content (AvgIpc) is 3.48. The van der Waals surface area contributed by atoms with Crippen molar-refractivity contribution in [3.05, 3.63) is 40.8 Å². The summed E-state index contributed by atoms with van der Waals surface area (Å²) in [5.74, 6) is 0.371. The lowest BCUT2D eigenvalue weighted by molar-refractivity contribution is 0.0818. The van der Waals surface area contributed by atoms with Gasteiger partial charge in [0.2, 0.25) is 0 Å². The second-order valence-corrected chi connectivity index (χ2v) is 16.2. The van der Waals surface area contributed by atoms with Crippen LogP contribution in [0.25, 0.3) is 33.5 Å². The second-order valence-electron chi connectivity index (χ2n) is 9.65. The van der Waals surface area contributed by atoms with Crippen LogP contribution in [0.1, 0.15) is 29.6 Å². The van der Waals surface area contributed by atoms with Crippen LogP contribution >= 0.6 is 11.3 Å².